The van der Waals surface area contributed by atoms with Crippen LogP contribution < -0.4 is 4.90 Å². The van der Waals surface area contributed by atoms with Crippen molar-refractivity contribution >= 4 is 53.4 Å². The molecular formula is C48H66N2O17S3-2. The fraction of sp³-hybridized carbons (Fsp3) is 0.542. The standard InChI is InChI=1S/C48H68N2O17S3/c1-47(21-13-35-68(53,54)55)40-36-38(69(56,57)58)17-19-42(40)49(23-12-8-11-16-46(51)52)44(47)14-9-6-5-7-10-15-45-48(2,22-25-64-29-30-66-33-34-67-32-31-65-28-27-63-4)41-37-39(70(59,60)61)18-20-43(41)50(45)24-26-62-3/h5-7,9-10,14-15,17-20,36-37H,8,11-13,16,21-35H2,1-4H3,(H3-,51,52,53,54,55,56,57,58,59,60,61)/p-2. The predicted octanol–water partition coefficient (Wildman–Crippen LogP) is 4.90. The lowest BCUT2D eigenvalue weighted by Crippen LogP contribution is -2.32. The number of nitrogens with zero attached hydrogens (tertiary/aromatic N) is 2. The van der Waals surface area contributed by atoms with Crippen LogP contribution in [0, 0.1) is 0 Å². The van der Waals surface area contributed by atoms with Gasteiger partial charge in [0.15, 0.2) is 5.71 Å². The molecule has 1 N–H and O–H groups in total. The molecular weight excluding hydrogens is 973 g/mol. The maximum Gasteiger partial charge on any atom is 0.303 e. The molecule has 390 valence electrons. The van der Waals surface area contributed by atoms with Crippen LogP contribution in [0.5, 0.6) is 0 Å². The molecule has 2 atom stereocenters. The van der Waals surface area contributed by atoms with E-state index >= 15 is 0 Å². The number of hydrogen-bond acceptors (Lipinski definition) is 17. The zero-order valence-electron chi connectivity index (χ0n) is 40.2. The largest absolute Gasteiger partial charge is 0.748 e. The molecule has 2 unspecified atom stereocenters. The van der Waals surface area contributed by atoms with E-state index in [9.17, 15) is 43.7 Å². The normalized spacial score (nSPS) is 19.2. The molecule has 0 fully saturated rings. The summed E-state index contributed by atoms with van der Waals surface area (Å²) in [6.07, 6.45) is 14.6. The molecule has 0 aliphatic carbocycles. The van der Waals surface area contributed by atoms with Gasteiger partial charge in [-0.3, -0.25) is 4.79 Å². The van der Waals surface area contributed by atoms with Gasteiger partial charge in [-0.15, -0.1) is 0 Å². The fourth-order valence-corrected chi connectivity index (χ4v) is 10.0. The number of unbranched alkanes of at least 4 members (excludes halogenated alkanes) is 2. The summed E-state index contributed by atoms with van der Waals surface area (Å²) in [5.41, 5.74) is 2.05. The van der Waals surface area contributed by atoms with E-state index in [0.29, 0.717) is 121 Å². The van der Waals surface area contributed by atoms with Gasteiger partial charge in [0.2, 0.25) is 5.69 Å². The Morgan fingerprint density at radius 2 is 1.21 bits per heavy atom. The molecule has 19 nitrogen and oxygen atoms in total. The number of carboxylic acids is 1. The van der Waals surface area contributed by atoms with Gasteiger partial charge in [-0.1, -0.05) is 30.4 Å². The van der Waals surface area contributed by atoms with E-state index in [1.165, 1.54) is 30.3 Å². The second kappa shape index (κ2) is 27.6. The monoisotopic (exact) mass is 1040 g/mol. The number of anilines is 1. The molecule has 2 aliphatic heterocycles. The first-order valence-corrected chi connectivity index (χ1v) is 27.4. The number of hydrogen-bond donors (Lipinski definition) is 1. The van der Waals surface area contributed by atoms with Crippen LogP contribution >= 0.6 is 0 Å². The highest BCUT2D eigenvalue weighted by Gasteiger charge is 2.48. The van der Waals surface area contributed by atoms with Gasteiger partial charge in [-0.05, 0) is 87.9 Å². The number of fused-ring (bicyclic) bond motifs is 2. The van der Waals surface area contributed by atoms with Crippen LogP contribution in [0.4, 0.5) is 11.4 Å². The highest BCUT2D eigenvalue weighted by atomic mass is 32.2. The molecule has 0 saturated heterocycles. The zero-order chi connectivity index (χ0) is 51.4. The van der Waals surface area contributed by atoms with Gasteiger partial charge in [0.05, 0.1) is 84.8 Å². The molecule has 70 heavy (non-hydrogen) atoms. The lowest BCUT2D eigenvalue weighted by Gasteiger charge is -2.30. The third kappa shape index (κ3) is 17.3. The van der Waals surface area contributed by atoms with Crippen LogP contribution in [0.3, 0.4) is 0 Å². The number of carboxylic acid groups (broad SMARTS) is 1. The summed E-state index contributed by atoms with van der Waals surface area (Å²) in [6, 6.07) is 8.38. The van der Waals surface area contributed by atoms with Crippen LogP contribution in [0.15, 0.2) is 94.4 Å². The number of ether oxygens (including phenoxy) is 6. The molecule has 2 heterocycles. The molecule has 2 aliphatic rings. The van der Waals surface area contributed by atoms with E-state index in [0.717, 1.165) is 11.4 Å². The Morgan fingerprint density at radius 3 is 1.80 bits per heavy atom. The minimum absolute atomic E-state index is 0.00588. The molecule has 2 aromatic rings. The van der Waals surface area contributed by atoms with Gasteiger partial charge < -0.3 is 52.1 Å². The topological polar surface area (TPSA) is 271 Å². The highest BCUT2D eigenvalue weighted by Crippen LogP contribution is 2.51. The van der Waals surface area contributed by atoms with Crippen molar-refractivity contribution in [2.45, 2.75) is 79.4 Å². The van der Waals surface area contributed by atoms with Crippen LogP contribution in [0.1, 0.15) is 69.9 Å². The summed E-state index contributed by atoms with van der Waals surface area (Å²) in [6.45, 7) is 8.45. The fourth-order valence-electron chi connectivity index (χ4n) is 8.56. The Hall–Kier alpha value is -4.17. The zero-order valence-corrected chi connectivity index (χ0v) is 42.7. The minimum Gasteiger partial charge on any atom is -0.748 e. The van der Waals surface area contributed by atoms with Crippen molar-refractivity contribution in [1.29, 1.82) is 0 Å². The molecule has 0 saturated carbocycles. The Kier molecular flexibility index (Phi) is 23.0. The van der Waals surface area contributed by atoms with Crippen molar-refractivity contribution in [3.63, 3.8) is 0 Å². The van der Waals surface area contributed by atoms with Gasteiger partial charge in [-0.2, -0.15) is 4.58 Å². The molecule has 22 heteroatoms. The van der Waals surface area contributed by atoms with Crippen LogP contribution in [0.25, 0.3) is 0 Å². The summed E-state index contributed by atoms with van der Waals surface area (Å²) in [5.74, 6) is -1.57. The molecule has 0 radical (unpaired) electrons. The van der Waals surface area contributed by atoms with Crippen molar-refractivity contribution < 1.29 is 81.8 Å². The van der Waals surface area contributed by atoms with E-state index in [4.69, 9.17) is 33.5 Å². The Labute approximate surface area is 412 Å². The minimum atomic E-state index is -4.86. The van der Waals surface area contributed by atoms with E-state index < -0.39 is 57.8 Å². The van der Waals surface area contributed by atoms with Crippen molar-refractivity contribution in [2.24, 2.45) is 0 Å². The summed E-state index contributed by atoms with van der Waals surface area (Å²) in [7, 11) is -11.0. The molecule has 0 spiro atoms. The van der Waals surface area contributed by atoms with E-state index in [1.54, 1.807) is 57.6 Å². The summed E-state index contributed by atoms with van der Waals surface area (Å²) < 4.78 is 143. The average Bonchev–Trinajstić information content (AvgIpc) is 3.66. The number of rotatable bonds is 34. The Balaban J connectivity index is 1.59. The average molecular weight is 1040 g/mol. The molecule has 0 aromatic heterocycles. The van der Waals surface area contributed by atoms with E-state index in [-0.39, 0.29) is 30.8 Å². The molecule has 4 rings (SSSR count). The first-order chi connectivity index (χ1) is 33.2. The first kappa shape index (κ1) is 58.4. The van der Waals surface area contributed by atoms with Gasteiger partial charge in [0, 0.05) is 80.5 Å². The number of aliphatic carboxylic acids is 1. The third-order valence-electron chi connectivity index (χ3n) is 12.1. The summed E-state index contributed by atoms with van der Waals surface area (Å²) in [4.78, 5) is 12.4. The second-order valence-corrected chi connectivity index (χ2v) is 21.3. The summed E-state index contributed by atoms with van der Waals surface area (Å²) >= 11 is 0. The van der Waals surface area contributed by atoms with Gasteiger partial charge in [-0.25, -0.2) is 25.3 Å². The molecule has 0 bridgehead atoms. The van der Waals surface area contributed by atoms with Crippen LogP contribution in [-0.2, 0) is 74.4 Å². The van der Waals surface area contributed by atoms with Crippen molar-refractivity contribution in [3.05, 3.63) is 95.8 Å². The van der Waals surface area contributed by atoms with E-state index in [1.807, 2.05) is 28.6 Å². The van der Waals surface area contributed by atoms with Crippen LogP contribution in [0.2, 0.25) is 0 Å². The van der Waals surface area contributed by atoms with E-state index in [2.05, 4.69) is 0 Å². The number of carbonyl (C=O) groups is 1. The smallest absolute Gasteiger partial charge is 0.303 e. The number of allylic oxidation sites excluding steroid dienone is 8. The lowest BCUT2D eigenvalue weighted by molar-refractivity contribution is -0.438. The maximum atomic E-state index is 12.2. The van der Waals surface area contributed by atoms with Crippen molar-refractivity contribution in [1.82, 2.24) is 0 Å². The predicted molar refractivity (Wildman–Crippen MR) is 258 cm³/mol. The quantitative estimate of drug-likeness (QED) is 0.0422. The Bertz CT molecular complexity index is 2560. The maximum absolute atomic E-state index is 12.2. The number of benzene rings is 2. The van der Waals surface area contributed by atoms with Crippen molar-refractivity contribution in [3.8, 4) is 0 Å². The van der Waals surface area contributed by atoms with Crippen LogP contribution in [-0.4, -0.2) is 159 Å². The van der Waals surface area contributed by atoms with Gasteiger partial charge in [0.25, 0.3) is 0 Å². The molecule has 0 amide bonds. The third-order valence-corrected chi connectivity index (χ3v) is 14.6. The molecule has 2 aromatic carbocycles. The Morgan fingerprint density at radius 1 is 0.657 bits per heavy atom. The SMILES string of the molecule is COCCOCCOCCOCCOCCC1(C)\C(=C/C=C/C=C/C=C/C2=[N+](CCCCCC(=O)O)c3ccc(S(=O)(=O)[O-])cc3C2(C)CCCS(=O)(=O)[O-])N(CCOC)c2ccc(S(=O)(=O)[O-])cc21. The van der Waals surface area contributed by atoms with Gasteiger partial charge >= 0.3 is 5.97 Å². The lowest BCUT2D eigenvalue weighted by atomic mass is 9.76. The second-order valence-electron chi connectivity index (χ2n) is 17.1. The van der Waals surface area contributed by atoms with Crippen molar-refractivity contribution in [2.75, 3.05) is 104 Å². The first-order valence-electron chi connectivity index (χ1n) is 23.0. The highest BCUT2D eigenvalue weighted by molar-refractivity contribution is 7.86. The number of methoxy groups -OCH3 is 2. The summed E-state index contributed by atoms with van der Waals surface area (Å²) in [5, 5.41) is 9.14. The van der Waals surface area contributed by atoms with Gasteiger partial charge in [0.1, 0.15) is 26.8 Å².